The third-order valence-corrected chi connectivity index (χ3v) is 3.40. The van der Waals surface area contributed by atoms with Crippen molar-refractivity contribution < 1.29 is 9.18 Å². The lowest BCUT2D eigenvalue weighted by atomic mass is 10.1. The van der Waals surface area contributed by atoms with Crippen molar-refractivity contribution in [1.29, 1.82) is 0 Å². The van der Waals surface area contributed by atoms with Gasteiger partial charge in [0.15, 0.2) is 5.78 Å². The van der Waals surface area contributed by atoms with E-state index in [1.807, 2.05) is 17.7 Å². The van der Waals surface area contributed by atoms with Crippen molar-refractivity contribution in [3.05, 3.63) is 58.1 Å². The van der Waals surface area contributed by atoms with Gasteiger partial charge in [0.25, 0.3) is 0 Å². The molecule has 0 spiro atoms. The van der Waals surface area contributed by atoms with E-state index in [0.29, 0.717) is 24.1 Å². The number of carbonyl (C=O) groups excluding carboxylic acids is 1. The van der Waals surface area contributed by atoms with E-state index < -0.39 is 0 Å². The van der Waals surface area contributed by atoms with Crippen LogP contribution in [0.25, 0.3) is 0 Å². The van der Waals surface area contributed by atoms with Crippen LogP contribution in [-0.4, -0.2) is 10.4 Å². The van der Waals surface area contributed by atoms with Crippen LogP contribution < -0.4 is 0 Å². The molecule has 4 heteroatoms. The van der Waals surface area contributed by atoms with Gasteiger partial charge in [-0.15, -0.1) is 0 Å². The highest BCUT2D eigenvalue weighted by atomic mass is 79.9. The number of nitrogens with zero attached hydrogens (tertiary/aromatic N) is 1. The van der Waals surface area contributed by atoms with Gasteiger partial charge in [-0.1, -0.05) is 22.9 Å². The van der Waals surface area contributed by atoms with E-state index in [1.165, 1.54) is 6.07 Å². The van der Waals surface area contributed by atoms with E-state index in [1.54, 1.807) is 24.4 Å². The van der Waals surface area contributed by atoms with Crippen LogP contribution in [-0.2, 0) is 6.54 Å². The zero-order valence-electron chi connectivity index (χ0n) is 10.7. The topological polar surface area (TPSA) is 22.0 Å². The Labute approximate surface area is 120 Å². The second-order valence-electron chi connectivity index (χ2n) is 4.48. The van der Waals surface area contributed by atoms with E-state index in [9.17, 15) is 9.18 Å². The van der Waals surface area contributed by atoms with E-state index in [0.717, 1.165) is 10.9 Å². The molecular weight excluding hydrogens is 309 g/mol. The molecule has 2 nitrogen and oxygen atoms in total. The molecule has 0 aliphatic carbocycles. The molecule has 0 fully saturated rings. The van der Waals surface area contributed by atoms with Gasteiger partial charge in [0, 0.05) is 41.0 Å². The first kappa shape index (κ1) is 14.0. The zero-order valence-corrected chi connectivity index (χ0v) is 12.3. The number of hydrogen-bond acceptors (Lipinski definition) is 1. The summed E-state index contributed by atoms with van der Waals surface area (Å²) in [6.07, 6.45) is 4.97. The van der Waals surface area contributed by atoms with Crippen molar-refractivity contribution in [2.75, 3.05) is 0 Å². The van der Waals surface area contributed by atoms with E-state index in [-0.39, 0.29) is 11.6 Å². The quantitative estimate of drug-likeness (QED) is 0.746. The number of rotatable bonds is 5. The Hall–Kier alpha value is -1.42. The number of benzene rings is 1. The Morgan fingerprint density at radius 2 is 2.16 bits per heavy atom. The minimum atomic E-state index is -0.238. The first-order valence-corrected chi connectivity index (χ1v) is 7.02. The fourth-order valence-electron chi connectivity index (χ4n) is 1.94. The van der Waals surface area contributed by atoms with Crippen LogP contribution >= 0.6 is 15.9 Å². The fraction of sp³-hybridized carbons (Fsp3) is 0.267. The van der Waals surface area contributed by atoms with E-state index >= 15 is 0 Å². The lowest BCUT2D eigenvalue weighted by Crippen LogP contribution is -2.01. The standard InChI is InChI=1S/C15H15BrFNO/c1-2-3-15(19)11-6-7-18(9-11)10-12-8-13(16)4-5-14(12)17/h4-9H,2-3,10H2,1H3. The first-order valence-electron chi connectivity index (χ1n) is 6.23. The Kier molecular flexibility index (Phi) is 4.53. The van der Waals surface area contributed by atoms with Gasteiger partial charge in [0.2, 0.25) is 0 Å². The first-order chi connectivity index (χ1) is 9.10. The molecule has 0 atom stereocenters. The molecule has 0 saturated carbocycles. The van der Waals surface area contributed by atoms with Crippen LogP contribution in [0.4, 0.5) is 4.39 Å². The summed E-state index contributed by atoms with van der Waals surface area (Å²) in [4.78, 5) is 11.7. The van der Waals surface area contributed by atoms with Gasteiger partial charge in [-0.05, 0) is 30.7 Å². The van der Waals surface area contributed by atoms with E-state index in [2.05, 4.69) is 15.9 Å². The number of hydrogen-bond donors (Lipinski definition) is 0. The van der Waals surface area contributed by atoms with Gasteiger partial charge >= 0.3 is 0 Å². The summed E-state index contributed by atoms with van der Waals surface area (Å²) in [6, 6.07) is 6.65. The molecule has 0 aliphatic heterocycles. The maximum Gasteiger partial charge on any atom is 0.164 e. The number of Topliss-reactive ketones (excluding diaryl/α,β-unsaturated/α-hetero) is 1. The van der Waals surface area contributed by atoms with Crippen LogP contribution in [0.5, 0.6) is 0 Å². The van der Waals surface area contributed by atoms with Crippen LogP contribution in [0, 0.1) is 5.82 Å². The highest BCUT2D eigenvalue weighted by Gasteiger charge is 2.08. The summed E-state index contributed by atoms with van der Waals surface area (Å²) < 4.78 is 16.3. The summed E-state index contributed by atoms with van der Waals surface area (Å²) in [5, 5.41) is 0. The molecule has 0 radical (unpaired) electrons. The molecule has 0 saturated heterocycles. The average Bonchev–Trinajstić information content (AvgIpc) is 2.83. The van der Waals surface area contributed by atoms with Crippen LogP contribution in [0.1, 0.15) is 35.7 Å². The van der Waals surface area contributed by atoms with Crippen molar-refractivity contribution in [3.8, 4) is 0 Å². The highest BCUT2D eigenvalue weighted by molar-refractivity contribution is 9.10. The monoisotopic (exact) mass is 323 g/mol. The fourth-order valence-corrected chi connectivity index (χ4v) is 2.35. The molecule has 1 aromatic heterocycles. The Balaban J connectivity index is 2.15. The SMILES string of the molecule is CCCC(=O)c1ccn(Cc2cc(Br)ccc2F)c1. The molecule has 2 aromatic rings. The lowest BCUT2D eigenvalue weighted by Gasteiger charge is -2.05. The maximum absolute atomic E-state index is 13.6. The second-order valence-corrected chi connectivity index (χ2v) is 5.40. The van der Waals surface area contributed by atoms with E-state index in [4.69, 9.17) is 0 Å². The lowest BCUT2D eigenvalue weighted by molar-refractivity contribution is 0.0981. The molecule has 100 valence electrons. The van der Waals surface area contributed by atoms with Gasteiger partial charge in [0.1, 0.15) is 5.82 Å². The summed E-state index contributed by atoms with van der Waals surface area (Å²) in [6.45, 7) is 2.40. The van der Waals surface area contributed by atoms with Crippen molar-refractivity contribution >= 4 is 21.7 Å². The van der Waals surface area contributed by atoms with Crippen LogP contribution in [0.15, 0.2) is 41.1 Å². The number of ketones is 1. The molecule has 1 aromatic carbocycles. The third kappa shape index (κ3) is 3.53. The summed E-state index contributed by atoms with van der Waals surface area (Å²) in [7, 11) is 0. The van der Waals surface area contributed by atoms with Crippen molar-refractivity contribution in [2.24, 2.45) is 0 Å². The molecule has 19 heavy (non-hydrogen) atoms. The molecule has 0 amide bonds. The molecule has 0 N–H and O–H groups in total. The third-order valence-electron chi connectivity index (χ3n) is 2.91. The summed E-state index contributed by atoms with van der Waals surface area (Å²) in [5.74, 6) is -0.103. The van der Waals surface area contributed by atoms with Gasteiger partial charge in [0.05, 0.1) is 0 Å². The van der Waals surface area contributed by atoms with Gasteiger partial charge < -0.3 is 4.57 Å². The normalized spacial score (nSPS) is 10.7. The Morgan fingerprint density at radius 1 is 1.37 bits per heavy atom. The molecule has 2 rings (SSSR count). The molecule has 0 bridgehead atoms. The second kappa shape index (κ2) is 6.15. The smallest absolute Gasteiger partial charge is 0.164 e. The molecule has 0 unspecified atom stereocenters. The highest BCUT2D eigenvalue weighted by Crippen LogP contribution is 2.17. The molecule has 1 heterocycles. The molecular formula is C15H15BrFNO. The van der Waals surface area contributed by atoms with Crippen molar-refractivity contribution in [3.63, 3.8) is 0 Å². The van der Waals surface area contributed by atoms with Crippen molar-refractivity contribution in [2.45, 2.75) is 26.3 Å². The predicted molar refractivity (Wildman–Crippen MR) is 76.9 cm³/mol. The Morgan fingerprint density at radius 3 is 2.89 bits per heavy atom. The number of carbonyl (C=O) groups is 1. The number of halogens is 2. The summed E-state index contributed by atoms with van der Waals surface area (Å²) in [5.41, 5.74) is 1.29. The minimum absolute atomic E-state index is 0.135. The van der Waals surface area contributed by atoms with Crippen LogP contribution in [0.3, 0.4) is 0 Å². The average molecular weight is 324 g/mol. The summed E-state index contributed by atoms with van der Waals surface area (Å²) >= 11 is 3.33. The Bertz CT molecular complexity index is 592. The predicted octanol–water partition coefficient (Wildman–Crippen LogP) is 4.42. The minimum Gasteiger partial charge on any atom is -0.349 e. The largest absolute Gasteiger partial charge is 0.349 e. The van der Waals surface area contributed by atoms with Crippen LogP contribution in [0.2, 0.25) is 0 Å². The zero-order chi connectivity index (χ0) is 13.8. The maximum atomic E-state index is 13.6. The van der Waals surface area contributed by atoms with Gasteiger partial charge in [-0.25, -0.2) is 4.39 Å². The van der Waals surface area contributed by atoms with Crippen molar-refractivity contribution in [1.82, 2.24) is 4.57 Å². The molecule has 0 aliphatic rings. The van der Waals surface area contributed by atoms with Gasteiger partial charge in [-0.3, -0.25) is 4.79 Å². The van der Waals surface area contributed by atoms with Gasteiger partial charge in [-0.2, -0.15) is 0 Å². The number of aromatic nitrogens is 1.